The number of hydrogen-bond acceptors (Lipinski definition) is 1. The first-order valence-electron chi connectivity index (χ1n) is 7.32. The highest BCUT2D eigenvalue weighted by Crippen LogP contribution is 2.26. The number of halogens is 1. The van der Waals surface area contributed by atoms with Gasteiger partial charge in [0.15, 0.2) is 0 Å². The molecule has 0 spiro atoms. The van der Waals surface area contributed by atoms with Crippen LogP contribution in [0.15, 0.2) is 60.9 Å². The Labute approximate surface area is 134 Å². The molecule has 0 N–H and O–H groups in total. The van der Waals surface area contributed by atoms with Crippen molar-refractivity contribution in [2.24, 2.45) is 0 Å². The molecule has 22 heavy (non-hydrogen) atoms. The Bertz CT molecular complexity index is 985. The summed E-state index contributed by atoms with van der Waals surface area (Å²) in [7, 11) is 0. The van der Waals surface area contributed by atoms with Crippen LogP contribution in [0.1, 0.15) is 16.8 Å². The number of fused-ring (bicyclic) bond motifs is 3. The van der Waals surface area contributed by atoms with Crippen molar-refractivity contribution in [2.45, 2.75) is 13.3 Å². The van der Waals surface area contributed by atoms with E-state index in [0.29, 0.717) is 0 Å². The molecule has 108 valence electrons. The lowest BCUT2D eigenvalue weighted by atomic mass is 10.1. The van der Waals surface area contributed by atoms with E-state index in [2.05, 4.69) is 46.8 Å². The van der Waals surface area contributed by atoms with Crippen LogP contribution in [0.4, 0.5) is 0 Å². The van der Waals surface area contributed by atoms with Gasteiger partial charge in [0, 0.05) is 23.0 Å². The maximum absolute atomic E-state index is 6.26. The number of benzene rings is 2. The van der Waals surface area contributed by atoms with Gasteiger partial charge in [-0.2, -0.15) is 0 Å². The summed E-state index contributed by atoms with van der Waals surface area (Å²) in [4.78, 5) is 4.62. The first kappa shape index (κ1) is 13.4. The van der Waals surface area contributed by atoms with Crippen LogP contribution in [0.2, 0.25) is 5.02 Å². The van der Waals surface area contributed by atoms with Crippen LogP contribution in [0.3, 0.4) is 0 Å². The van der Waals surface area contributed by atoms with E-state index in [0.717, 1.165) is 28.2 Å². The van der Waals surface area contributed by atoms with E-state index in [4.69, 9.17) is 11.6 Å². The molecule has 2 aromatic carbocycles. The quantitative estimate of drug-likeness (QED) is 0.507. The fourth-order valence-corrected chi connectivity index (χ4v) is 3.20. The summed E-state index contributed by atoms with van der Waals surface area (Å²) in [5, 5.41) is 2.07. The van der Waals surface area contributed by atoms with Crippen LogP contribution in [0, 0.1) is 6.92 Å². The van der Waals surface area contributed by atoms with Gasteiger partial charge >= 0.3 is 0 Å². The number of para-hydroxylation sites is 1. The second-order valence-electron chi connectivity index (χ2n) is 5.54. The smallest absolute Gasteiger partial charge is 0.0675 e. The summed E-state index contributed by atoms with van der Waals surface area (Å²) in [5.41, 5.74) is 5.76. The summed E-state index contributed by atoms with van der Waals surface area (Å²) in [6.07, 6.45) is 4.82. The van der Waals surface area contributed by atoms with Crippen molar-refractivity contribution in [2.75, 3.05) is 0 Å². The predicted octanol–water partition coefficient (Wildman–Crippen LogP) is 5.04. The molecular weight excluding hydrogens is 292 g/mol. The molecule has 0 aliphatic heterocycles. The van der Waals surface area contributed by atoms with Crippen molar-refractivity contribution in [3.05, 3.63) is 82.8 Å². The van der Waals surface area contributed by atoms with Gasteiger partial charge in [0.05, 0.1) is 22.9 Å². The minimum Gasteiger partial charge on any atom is -0.313 e. The van der Waals surface area contributed by atoms with Crippen LogP contribution in [-0.4, -0.2) is 9.38 Å². The summed E-state index contributed by atoms with van der Waals surface area (Å²) in [6, 6.07) is 16.4. The molecular formula is C19H15ClN2. The lowest BCUT2D eigenvalue weighted by Gasteiger charge is -2.05. The van der Waals surface area contributed by atoms with E-state index in [1.54, 1.807) is 0 Å². The Balaban J connectivity index is 1.87. The Hall–Kier alpha value is -2.32. The third kappa shape index (κ3) is 2.08. The van der Waals surface area contributed by atoms with Gasteiger partial charge in [0.2, 0.25) is 0 Å². The van der Waals surface area contributed by atoms with E-state index >= 15 is 0 Å². The average molecular weight is 307 g/mol. The zero-order chi connectivity index (χ0) is 15.1. The zero-order valence-corrected chi connectivity index (χ0v) is 13.0. The summed E-state index contributed by atoms with van der Waals surface area (Å²) in [6.45, 7) is 2.15. The third-order valence-corrected chi connectivity index (χ3v) is 4.54. The van der Waals surface area contributed by atoms with Crippen LogP contribution < -0.4 is 0 Å². The second-order valence-corrected chi connectivity index (χ2v) is 5.95. The van der Waals surface area contributed by atoms with Crippen molar-refractivity contribution in [3.63, 3.8) is 0 Å². The molecule has 0 saturated carbocycles. The molecule has 0 aliphatic carbocycles. The van der Waals surface area contributed by atoms with Gasteiger partial charge in [-0.25, -0.2) is 0 Å². The lowest BCUT2D eigenvalue weighted by molar-refractivity contribution is 1.02. The third-order valence-electron chi connectivity index (χ3n) is 4.17. The van der Waals surface area contributed by atoms with Crippen LogP contribution in [-0.2, 0) is 6.42 Å². The Morgan fingerprint density at radius 1 is 1.00 bits per heavy atom. The van der Waals surface area contributed by atoms with Crippen molar-refractivity contribution in [1.29, 1.82) is 0 Å². The highest BCUT2D eigenvalue weighted by Gasteiger charge is 2.09. The minimum absolute atomic E-state index is 0.737. The van der Waals surface area contributed by atoms with Gasteiger partial charge in [-0.05, 0) is 30.2 Å². The molecule has 2 aromatic heterocycles. The van der Waals surface area contributed by atoms with Crippen molar-refractivity contribution in [1.82, 2.24) is 9.38 Å². The monoisotopic (exact) mass is 306 g/mol. The van der Waals surface area contributed by atoms with E-state index in [1.807, 2.05) is 30.5 Å². The Morgan fingerprint density at radius 2 is 1.77 bits per heavy atom. The van der Waals surface area contributed by atoms with Crippen LogP contribution >= 0.6 is 11.6 Å². The van der Waals surface area contributed by atoms with Gasteiger partial charge in [-0.3, -0.25) is 4.98 Å². The highest BCUT2D eigenvalue weighted by atomic mass is 35.5. The molecule has 0 atom stereocenters. The molecule has 0 amide bonds. The molecule has 0 aliphatic rings. The van der Waals surface area contributed by atoms with Crippen molar-refractivity contribution >= 4 is 28.0 Å². The molecule has 0 bridgehead atoms. The first-order chi connectivity index (χ1) is 10.7. The van der Waals surface area contributed by atoms with E-state index in [9.17, 15) is 0 Å². The first-order valence-corrected chi connectivity index (χ1v) is 7.69. The number of rotatable bonds is 2. The summed E-state index contributed by atoms with van der Waals surface area (Å²) < 4.78 is 2.23. The molecule has 0 fully saturated rings. The maximum Gasteiger partial charge on any atom is 0.0675 e. The highest BCUT2D eigenvalue weighted by molar-refractivity contribution is 6.31. The Morgan fingerprint density at radius 3 is 2.64 bits per heavy atom. The van der Waals surface area contributed by atoms with Gasteiger partial charge < -0.3 is 4.40 Å². The molecule has 3 heteroatoms. The van der Waals surface area contributed by atoms with Crippen LogP contribution in [0.25, 0.3) is 16.4 Å². The Kier molecular flexibility index (Phi) is 3.12. The fourth-order valence-electron chi connectivity index (χ4n) is 3.00. The minimum atomic E-state index is 0.737. The van der Waals surface area contributed by atoms with Crippen LogP contribution in [0.5, 0.6) is 0 Å². The van der Waals surface area contributed by atoms with Gasteiger partial charge in [-0.15, -0.1) is 0 Å². The molecule has 4 rings (SSSR count). The average Bonchev–Trinajstić information content (AvgIpc) is 2.83. The number of aryl methyl sites for hydroxylation is 1. The predicted molar refractivity (Wildman–Crippen MR) is 91.7 cm³/mol. The number of aromatic nitrogens is 2. The second kappa shape index (κ2) is 5.15. The van der Waals surface area contributed by atoms with Crippen molar-refractivity contribution < 1.29 is 0 Å². The number of nitrogens with zero attached hydrogens (tertiary/aromatic N) is 2. The molecule has 0 saturated heterocycles. The van der Waals surface area contributed by atoms with Crippen molar-refractivity contribution in [3.8, 4) is 0 Å². The SMILES string of the molecule is Cc1c2ccccc2n2cc(Cc3ccccc3Cl)ncc12. The maximum atomic E-state index is 6.26. The fraction of sp³-hybridized carbons (Fsp3) is 0.105. The van der Waals surface area contributed by atoms with Gasteiger partial charge in [0.25, 0.3) is 0 Å². The summed E-state index contributed by atoms with van der Waals surface area (Å²) >= 11 is 6.26. The van der Waals surface area contributed by atoms with E-state index in [-0.39, 0.29) is 0 Å². The normalized spacial score (nSPS) is 11.4. The molecule has 0 radical (unpaired) electrons. The molecule has 2 nitrogen and oxygen atoms in total. The molecule has 0 unspecified atom stereocenters. The summed E-state index contributed by atoms with van der Waals surface area (Å²) in [5.74, 6) is 0. The largest absolute Gasteiger partial charge is 0.313 e. The zero-order valence-electron chi connectivity index (χ0n) is 12.3. The topological polar surface area (TPSA) is 17.3 Å². The molecule has 2 heterocycles. The molecule has 4 aromatic rings. The lowest BCUT2D eigenvalue weighted by Crippen LogP contribution is -1.96. The van der Waals surface area contributed by atoms with E-state index in [1.165, 1.54) is 16.5 Å². The standard InChI is InChI=1S/C19H15ClN2/c1-13-16-7-3-5-9-18(16)22-12-15(21-11-19(13)22)10-14-6-2-4-8-17(14)20/h2-9,11-12H,10H2,1H3. The van der Waals surface area contributed by atoms with E-state index < -0.39 is 0 Å². The van der Waals surface area contributed by atoms with Gasteiger partial charge in [-0.1, -0.05) is 48.0 Å². The number of hydrogen-bond donors (Lipinski definition) is 0. The van der Waals surface area contributed by atoms with Gasteiger partial charge in [0.1, 0.15) is 0 Å².